The highest BCUT2D eigenvalue weighted by Crippen LogP contribution is 2.23. The van der Waals surface area contributed by atoms with Gasteiger partial charge in [0.25, 0.3) is 0 Å². The molecular formula is C10H12BrN3O. The number of pyridine rings is 1. The lowest BCUT2D eigenvalue weighted by molar-refractivity contribution is 0.0124. The molecule has 0 radical (unpaired) electrons. The third kappa shape index (κ3) is 1.89. The number of methoxy groups -OCH3 is 1. The second kappa shape index (κ2) is 3.57. The molecule has 0 aliphatic rings. The van der Waals surface area contributed by atoms with Crippen LogP contribution in [0, 0.1) is 0 Å². The molecule has 0 saturated carbocycles. The Kier molecular flexibility index (Phi) is 2.52. The summed E-state index contributed by atoms with van der Waals surface area (Å²) >= 11 is 3.37. The molecule has 15 heavy (non-hydrogen) atoms. The maximum absolute atomic E-state index is 5.35. The zero-order chi connectivity index (χ0) is 11.1. The number of nitrogens with zero attached hydrogens (tertiary/aromatic N) is 2. The molecule has 0 aromatic carbocycles. The van der Waals surface area contributed by atoms with Gasteiger partial charge in [0.15, 0.2) is 5.65 Å². The van der Waals surface area contributed by atoms with E-state index >= 15 is 0 Å². The third-order valence-electron chi connectivity index (χ3n) is 2.38. The molecule has 0 amide bonds. The minimum absolute atomic E-state index is 0.423. The molecule has 2 heterocycles. The zero-order valence-corrected chi connectivity index (χ0v) is 10.4. The SMILES string of the molecule is COC(C)(C)c1nc2ncc(Br)cc2[nH]1. The maximum atomic E-state index is 5.35. The van der Waals surface area contributed by atoms with Crippen LogP contribution in [-0.2, 0) is 10.3 Å². The molecule has 0 spiro atoms. The number of aromatic amines is 1. The van der Waals surface area contributed by atoms with Crippen molar-refractivity contribution in [2.45, 2.75) is 19.4 Å². The van der Waals surface area contributed by atoms with Gasteiger partial charge >= 0.3 is 0 Å². The zero-order valence-electron chi connectivity index (χ0n) is 8.84. The third-order valence-corrected chi connectivity index (χ3v) is 2.82. The van der Waals surface area contributed by atoms with Crippen molar-refractivity contribution in [3.8, 4) is 0 Å². The first-order valence-corrected chi connectivity index (χ1v) is 5.39. The van der Waals surface area contributed by atoms with Crippen molar-refractivity contribution in [3.05, 3.63) is 22.6 Å². The molecule has 80 valence electrons. The predicted octanol–water partition coefficient (Wildman–Crippen LogP) is 2.60. The summed E-state index contributed by atoms with van der Waals surface area (Å²) in [7, 11) is 1.66. The molecule has 0 aliphatic heterocycles. The monoisotopic (exact) mass is 269 g/mol. The van der Waals surface area contributed by atoms with E-state index in [4.69, 9.17) is 4.74 Å². The number of nitrogens with one attached hydrogen (secondary N) is 1. The van der Waals surface area contributed by atoms with Gasteiger partial charge in [-0.15, -0.1) is 0 Å². The average Bonchev–Trinajstić information content (AvgIpc) is 2.61. The number of fused-ring (bicyclic) bond motifs is 1. The van der Waals surface area contributed by atoms with Crippen LogP contribution < -0.4 is 0 Å². The van der Waals surface area contributed by atoms with Crippen molar-refractivity contribution in [1.82, 2.24) is 15.0 Å². The molecule has 0 unspecified atom stereocenters. The summed E-state index contributed by atoms with van der Waals surface area (Å²) in [6.45, 7) is 3.92. The molecule has 0 fully saturated rings. The highest BCUT2D eigenvalue weighted by Gasteiger charge is 2.23. The van der Waals surface area contributed by atoms with Crippen molar-refractivity contribution in [3.63, 3.8) is 0 Å². The predicted molar refractivity (Wildman–Crippen MR) is 61.6 cm³/mol. The number of hydrogen-bond donors (Lipinski definition) is 1. The molecular weight excluding hydrogens is 258 g/mol. The topological polar surface area (TPSA) is 50.8 Å². The Labute approximate surface area is 96.2 Å². The lowest BCUT2D eigenvalue weighted by Gasteiger charge is -2.19. The molecule has 2 aromatic rings. The van der Waals surface area contributed by atoms with Gasteiger partial charge in [0.1, 0.15) is 11.4 Å². The Morgan fingerprint density at radius 2 is 2.20 bits per heavy atom. The van der Waals surface area contributed by atoms with Gasteiger partial charge in [0, 0.05) is 17.8 Å². The van der Waals surface area contributed by atoms with Crippen molar-refractivity contribution in [1.29, 1.82) is 0 Å². The van der Waals surface area contributed by atoms with E-state index in [9.17, 15) is 0 Å². The smallest absolute Gasteiger partial charge is 0.177 e. The number of halogens is 1. The minimum atomic E-state index is -0.423. The standard InChI is InChI=1S/C10H12BrN3O/c1-10(2,15-3)9-13-7-4-6(11)5-12-8(7)14-9/h4-5H,1-3H3,(H,12,13,14). The summed E-state index contributed by atoms with van der Waals surface area (Å²) in [5.41, 5.74) is 1.19. The van der Waals surface area contributed by atoms with Crippen molar-refractivity contribution < 1.29 is 4.74 Å². The summed E-state index contributed by atoms with van der Waals surface area (Å²) in [6.07, 6.45) is 1.73. The van der Waals surface area contributed by atoms with Gasteiger partial charge in [-0.05, 0) is 35.8 Å². The van der Waals surface area contributed by atoms with Gasteiger partial charge in [0.2, 0.25) is 0 Å². The van der Waals surface area contributed by atoms with Crippen molar-refractivity contribution in [2.75, 3.05) is 7.11 Å². The Hall–Kier alpha value is -0.940. The average molecular weight is 270 g/mol. The Balaban J connectivity index is 2.56. The number of ether oxygens (including phenoxy) is 1. The summed E-state index contributed by atoms with van der Waals surface area (Å²) < 4.78 is 6.28. The number of H-pyrrole nitrogens is 1. The first kappa shape index (κ1) is 10.6. The molecule has 0 atom stereocenters. The second-order valence-corrected chi connectivity index (χ2v) is 4.74. The van der Waals surface area contributed by atoms with E-state index in [0.717, 1.165) is 15.8 Å². The first-order valence-electron chi connectivity index (χ1n) is 4.60. The Morgan fingerprint density at radius 3 is 2.87 bits per heavy atom. The summed E-state index contributed by atoms with van der Waals surface area (Å²) in [6, 6.07) is 1.95. The summed E-state index contributed by atoms with van der Waals surface area (Å²) in [5.74, 6) is 0.783. The van der Waals surface area contributed by atoms with Gasteiger partial charge in [0.05, 0.1) is 5.52 Å². The van der Waals surface area contributed by atoms with Crippen LogP contribution in [-0.4, -0.2) is 22.1 Å². The van der Waals surface area contributed by atoms with Gasteiger partial charge < -0.3 is 9.72 Å². The fourth-order valence-electron chi connectivity index (χ4n) is 1.26. The Morgan fingerprint density at radius 1 is 1.47 bits per heavy atom. The number of imidazole rings is 1. The Bertz CT molecular complexity index is 492. The number of rotatable bonds is 2. The number of aromatic nitrogens is 3. The quantitative estimate of drug-likeness (QED) is 0.912. The van der Waals surface area contributed by atoms with E-state index in [0.29, 0.717) is 5.65 Å². The van der Waals surface area contributed by atoms with Crippen LogP contribution in [0.1, 0.15) is 19.7 Å². The largest absolute Gasteiger partial charge is 0.371 e. The van der Waals surface area contributed by atoms with Crippen LogP contribution in [0.25, 0.3) is 11.2 Å². The molecule has 1 N–H and O–H groups in total. The van der Waals surface area contributed by atoms with Crippen LogP contribution in [0.15, 0.2) is 16.7 Å². The summed E-state index contributed by atoms with van der Waals surface area (Å²) in [4.78, 5) is 11.8. The van der Waals surface area contributed by atoms with E-state index < -0.39 is 5.60 Å². The molecule has 2 rings (SSSR count). The van der Waals surface area contributed by atoms with Gasteiger partial charge in [-0.3, -0.25) is 0 Å². The van der Waals surface area contributed by atoms with Crippen LogP contribution in [0.4, 0.5) is 0 Å². The molecule has 2 aromatic heterocycles. The number of hydrogen-bond acceptors (Lipinski definition) is 3. The lowest BCUT2D eigenvalue weighted by atomic mass is 10.1. The van der Waals surface area contributed by atoms with E-state index in [1.54, 1.807) is 13.3 Å². The lowest BCUT2D eigenvalue weighted by Crippen LogP contribution is -2.21. The second-order valence-electron chi connectivity index (χ2n) is 3.82. The maximum Gasteiger partial charge on any atom is 0.177 e. The fourth-order valence-corrected chi connectivity index (χ4v) is 1.59. The van der Waals surface area contributed by atoms with Crippen LogP contribution in [0.2, 0.25) is 0 Å². The van der Waals surface area contributed by atoms with Gasteiger partial charge in [-0.1, -0.05) is 0 Å². The summed E-state index contributed by atoms with van der Waals surface area (Å²) in [5, 5.41) is 0. The van der Waals surface area contributed by atoms with E-state index in [-0.39, 0.29) is 0 Å². The normalized spacial score (nSPS) is 12.3. The molecule has 0 bridgehead atoms. The molecule has 4 nitrogen and oxygen atoms in total. The van der Waals surface area contributed by atoms with Gasteiger partial charge in [-0.2, -0.15) is 0 Å². The van der Waals surface area contributed by atoms with Gasteiger partial charge in [-0.25, -0.2) is 9.97 Å². The molecule has 5 heteroatoms. The molecule has 0 aliphatic carbocycles. The van der Waals surface area contributed by atoms with Crippen LogP contribution >= 0.6 is 15.9 Å². The minimum Gasteiger partial charge on any atom is -0.371 e. The van der Waals surface area contributed by atoms with E-state index in [1.807, 2.05) is 19.9 Å². The van der Waals surface area contributed by atoms with Crippen LogP contribution in [0.3, 0.4) is 0 Å². The van der Waals surface area contributed by atoms with Crippen molar-refractivity contribution in [2.24, 2.45) is 0 Å². The van der Waals surface area contributed by atoms with Crippen LogP contribution in [0.5, 0.6) is 0 Å². The highest BCUT2D eigenvalue weighted by molar-refractivity contribution is 9.10. The van der Waals surface area contributed by atoms with E-state index in [1.165, 1.54) is 0 Å². The fraction of sp³-hybridized carbons (Fsp3) is 0.400. The highest BCUT2D eigenvalue weighted by atomic mass is 79.9. The molecule has 0 saturated heterocycles. The first-order chi connectivity index (χ1) is 7.03. The van der Waals surface area contributed by atoms with E-state index in [2.05, 4.69) is 30.9 Å². The van der Waals surface area contributed by atoms with Crippen molar-refractivity contribution >= 4 is 27.1 Å².